The van der Waals surface area contributed by atoms with Gasteiger partial charge in [0, 0.05) is 29.1 Å². The van der Waals surface area contributed by atoms with Gasteiger partial charge in [0.2, 0.25) is 0 Å². The number of ether oxygens (including phenoxy) is 1. The van der Waals surface area contributed by atoms with Gasteiger partial charge >= 0.3 is 12.0 Å². The second kappa shape index (κ2) is 10.1. The number of urea groups is 1. The van der Waals surface area contributed by atoms with Gasteiger partial charge < -0.3 is 10.1 Å². The average Bonchev–Trinajstić information content (AvgIpc) is 2.89. The second-order valence-electron chi connectivity index (χ2n) is 7.73. The van der Waals surface area contributed by atoms with Crippen molar-refractivity contribution in [2.24, 2.45) is 0 Å². The first-order chi connectivity index (χ1) is 17.7. The maximum absolute atomic E-state index is 13.2. The third-order valence-electron chi connectivity index (χ3n) is 5.44. The molecule has 0 unspecified atom stereocenters. The number of hydrogen-bond acceptors (Lipinski definition) is 8. The van der Waals surface area contributed by atoms with Crippen molar-refractivity contribution in [3.63, 3.8) is 0 Å². The highest BCUT2D eigenvalue weighted by molar-refractivity contribution is 6.36. The molecule has 37 heavy (non-hydrogen) atoms. The molecule has 1 aliphatic heterocycles. The number of benzene rings is 3. The van der Waals surface area contributed by atoms with Crippen molar-refractivity contribution in [1.29, 1.82) is 0 Å². The summed E-state index contributed by atoms with van der Waals surface area (Å²) >= 11 is 0. The van der Waals surface area contributed by atoms with Crippen molar-refractivity contribution in [1.82, 2.24) is 10.6 Å². The van der Waals surface area contributed by atoms with E-state index >= 15 is 0 Å². The van der Waals surface area contributed by atoms with Gasteiger partial charge in [-0.05, 0) is 42.5 Å². The van der Waals surface area contributed by atoms with E-state index in [1.807, 2.05) is 5.32 Å². The number of esters is 1. The molecule has 186 valence electrons. The summed E-state index contributed by atoms with van der Waals surface area (Å²) in [5.74, 6) is -3.06. The van der Waals surface area contributed by atoms with Crippen LogP contribution in [-0.2, 0) is 9.53 Å². The molecule has 4 rings (SSSR count). The predicted octanol–water partition coefficient (Wildman–Crippen LogP) is 2.72. The summed E-state index contributed by atoms with van der Waals surface area (Å²) in [6.07, 6.45) is 1.42. The van der Waals surface area contributed by atoms with Crippen LogP contribution in [0.4, 0.5) is 16.2 Å². The zero-order chi connectivity index (χ0) is 26.7. The van der Waals surface area contributed by atoms with E-state index in [1.165, 1.54) is 60.7 Å². The first-order valence-electron chi connectivity index (χ1n) is 10.8. The lowest BCUT2D eigenvalue weighted by atomic mass is 9.92. The smallest absolute Gasteiger partial charge is 0.338 e. The highest BCUT2D eigenvalue weighted by Crippen LogP contribution is 2.36. The second-order valence-corrected chi connectivity index (χ2v) is 7.73. The molecule has 5 amide bonds. The third-order valence-corrected chi connectivity index (χ3v) is 5.44. The Bertz CT molecular complexity index is 1470. The minimum atomic E-state index is -0.869. The topological polar surface area (TPSA) is 165 Å². The van der Waals surface area contributed by atoms with Crippen LogP contribution in [0.15, 0.2) is 67.3 Å². The number of nitro benzene ring substituents is 1. The van der Waals surface area contributed by atoms with Crippen LogP contribution in [0.2, 0.25) is 0 Å². The number of imide groups is 2. The molecule has 0 aliphatic carbocycles. The molecule has 0 fully saturated rings. The van der Waals surface area contributed by atoms with Crippen LogP contribution in [0.3, 0.4) is 0 Å². The summed E-state index contributed by atoms with van der Waals surface area (Å²) in [6.45, 7) is 2.85. The zero-order valence-electron chi connectivity index (χ0n) is 19.1. The fraction of sp³-hybridized carbons (Fsp3) is 0.0800. The molecule has 1 aliphatic rings. The van der Waals surface area contributed by atoms with E-state index in [0.29, 0.717) is 0 Å². The van der Waals surface area contributed by atoms with Crippen LogP contribution >= 0.6 is 0 Å². The SMILES string of the molecule is C=CCNC(=O)NC(=O)COC(=O)c1ccc(N2C(=O)c3cccc4c([N+](=O)[O-])ccc(c34)C2=O)cc1. The van der Waals surface area contributed by atoms with Gasteiger partial charge in [-0.15, -0.1) is 6.58 Å². The number of anilines is 1. The Kier molecular flexibility index (Phi) is 6.73. The van der Waals surface area contributed by atoms with Crippen molar-refractivity contribution in [3.8, 4) is 0 Å². The van der Waals surface area contributed by atoms with Crippen LogP contribution in [0.5, 0.6) is 0 Å². The van der Waals surface area contributed by atoms with Gasteiger partial charge in [0.25, 0.3) is 23.4 Å². The van der Waals surface area contributed by atoms with Crippen LogP contribution in [0, 0.1) is 10.1 Å². The molecule has 12 heteroatoms. The minimum Gasteiger partial charge on any atom is -0.452 e. The molecular weight excluding hydrogens is 484 g/mol. The average molecular weight is 502 g/mol. The maximum atomic E-state index is 13.2. The summed E-state index contributed by atoms with van der Waals surface area (Å²) in [7, 11) is 0. The molecule has 0 aromatic heterocycles. The number of nitro groups is 1. The number of carbonyl (C=O) groups is 5. The summed E-state index contributed by atoms with van der Waals surface area (Å²) in [5.41, 5.74) is 0.223. The summed E-state index contributed by atoms with van der Waals surface area (Å²) in [6, 6.07) is 11.5. The van der Waals surface area contributed by atoms with Crippen LogP contribution < -0.4 is 15.5 Å². The first-order valence-corrected chi connectivity index (χ1v) is 10.8. The van der Waals surface area contributed by atoms with Gasteiger partial charge in [0.05, 0.1) is 21.6 Å². The lowest BCUT2D eigenvalue weighted by Crippen LogP contribution is -2.41. The third kappa shape index (κ3) is 4.75. The lowest BCUT2D eigenvalue weighted by molar-refractivity contribution is -0.383. The summed E-state index contributed by atoms with van der Waals surface area (Å²) in [4.78, 5) is 73.6. The Morgan fingerprint density at radius 1 is 1.00 bits per heavy atom. The number of rotatable bonds is 7. The molecule has 0 spiro atoms. The number of hydrogen-bond donors (Lipinski definition) is 2. The number of amides is 5. The zero-order valence-corrected chi connectivity index (χ0v) is 19.1. The molecule has 0 radical (unpaired) electrons. The first kappa shape index (κ1) is 24.7. The van der Waals surface area contributed by atoms with Crippen molar-refractivity contribution >= 4 is 51.9 Å². The maximum Gasteiger partial charge on any atom is 0.338 e. The Morgan fingerprint density at radius 3 is 2.32 bits per heavy atom. The van der Waals surface area contributed by atoms with Gasteiger partial charge in [-0.3, -0.25) is 29.8 Å². The van der Waals surface area contributed by atoms with Gasteiger partial charge in [0.15, 0.2) is 6.61 Å². The molecule has 0 bridgehead atoms. The van der Waals surface area contributed by atoms with E-state index in [1.54, 1.807) is 0 Å². The molecule has 0 saturated heterocycles. The molecule has 2 N–H and O–H groups in total. The molecule has 1 heterocycles. The van der Waals surface area contributed by atoms with Crippen molar-refractivity contribution in [2.75, 3.05) is 18.1 Å². The van der Waals surface area contributed by atoms with Crippen molar-refractivity contribution in [3.05, 3.63) is 94.1 Å². The van der Waals surface area contributed by atoms with Gasteiger partial charge in [-0.2, -0.15) is 0 Å². The lowest BCUT2D eigenvalue weighted by Gasteiger charge is -2.27. The number of carbonyl (C=O) groups excluding carboxylic acids is 5. The Balaban J connectivity index is 1.51. The van der Waals surface area contributed by atoms with Gasteiger partial charge in [-0.1, -0.05) is 12.1 Å². The fourth-order valence-electron chi connectivity index (χ4n) is 3.81. The molecule has 3 aromatic rings. The van der Waals surface area contributed by atoms with Crippen LogP contribution in [-0.4, -0.2) is 47.8 Å². The molecule has 12 nitrogen and oxygen atoms in total. The molecule has 0 atom stereocenters. The van der Waals surface area contributed by atoms with Crippen LogP contribution in [0.1, 0.15) is 31.1 Å². The number of nitrogens with one attached hydrogen (secondary N) is 2. The number of nitrogens with zero attached hydrogens (tertiary/aromatic N) is 2. The molecule has 3 aromatic carbocycles. The summed E-state index contributed by atoms with van der Waals surface area (Å²) in [5, 5.41) is 16.1. The van der Waals surface area contributed by atoms with Crippen LogP contribution in [0.25, 0.3) is 10.8 Å². The van der Waals surface area contributed by atoms with Gasteiger partial charge in [0.1, 0.15) is 0 Å². The van der Waals surface area contributed by atoms with Crippen molar-refractivity contribution < 1.29 is 33.6 Å². The monoisotopic (exact) mass is 502 g/mol. The largest absolute Gasteiger partial charge is 0.452 e. The standard InChI is InChI=1S/C25H18N4O8/c1-2-12-26-25(34)27-20(30)13-37-24(33)14-6-8-15(9-7-14)28-22(31)17-5-3-4-16-19(29(35)36)11-10-18(21(16)17)23(28)32/h2-11H,1,12-13H2,(H2,26,27,30,34). The van der Waals surface area contributed by atoms with E-state index in [0.717, 1.165) is 4.90 Å². The Morgan fingerprint density at radius 2 is 1.68 bits per heavy atom. The molecular formula is C25H18N4O8. The summed E-state index contributed by atoms with van der Waals surface area (Å²) < 4.78 is 4.88. The number of non-ortho nitro benzene ring substituents is 1. The van der Waals surface area contributed by atoms with E-state index in [2.05, 4.69) is 11.9 Å². The van der Waals surface area contributed by atoms with E-state index in [-0.39, 0.29) is 45.4 Å². The fourth-order valence-corrected chi connectivity index (χ4v) is 3.81. The van der Waals surface area contributed by atoms with Gasteiger partial charge in [-0.25, -0.2) is 14.5 Å². The minimum absolute atomic E-state index is 0.0303. The van der Waals surface area contributed by atoms with E-state index in [9.17, 15) is 34.1 Å². The highest BCUT2D eigenvalue weighted by atomic mass is 16.6. The normalized spacial score (nSPS) is 12.2. The predicted molar refractivity (Wildman–Crippen MR) is 130 cm³/mol. The highest BCUT2D eigenvalue weighted by Gasteiger charge is 2.35. The van der Waals surface area contributed by atoms with E-state index < -0.39 is 41.3 Å². The molecule has 0 saturated carbocycles. The van der Waals surface area contributed by atoms with E-state index in [4.69, 9.17) is 4.74 Å². The quantitative estimate of drug-likeness (QED) is 0.164. The van der Waals surface area contributed by atoms with Crippen molar-refractivity contribution in [2.45, 2.75) is 0 Å². The Hall–Kier alpha value is -5.39. The Labute approximate surface area is 208 Å².